The zero-order valence-corrected chi connectivity index (χ0v) is 10.9. The monoisotopic (exact) mass is 247 g/mol. The van der Waals surface area contributed by atoms with Crippen LogP contribution in [0.5, 0.6) is 0 Å². The number of thioether (sulfide) groups is 1. The fourth-order valence-electron chi connectivity index (χ4n) is 1.70. The van der Waals surface area contributed by atoms with Crippen LogP contribution in [-0.2, 0) is 0 Å². The molecule has 1 aromatic heterocycles. The third-order valence-corrected chi connectivity index (χ3v) is 3.81. The number of rotatable bonds is 4. The van der Waals surface area contributed by atoms with Crippen LogP contribution in [0.4, 0.5) is 11.4 Å². The van der Waals surface area contributed by atoms with Gasteiger partial charge in [-0.1, -0.05) is 6.92 Å². The van der Waals surface area contributed by atoms with E-state index >= 15 is 0 Å². The van der Waals surface area contributed by atoms with Crippen LogP contribution in [-0.4, -0.2) is 23.0 Å². The molecule has 0 bridgehead atoms. The molecule has 0 amide bonds. The minimum absolute atomic E-state index is 0.583. The second-order valence-electron chi connectivity index (χ2n) is 4.05. The van der Waals surface area contributed by atoms with Gasteiger partial charge in [0, 0.05) is 46.3 Å². The molecule has 3 N–H and O–H groups in total. The maximum Gasteiger partial charge on any atom is 0.0437 e. The largest absolute Gasteiger partial charge is 0.398 e. The minimum atomic E-state index is 0.583. The molecule has 2 rings (SSSR count). The highest BCUT2D eigenvalue weighted by Gasteiger charge is 2.05. The number of nitrogens with one attached hydrogen (secondary N) is 1. The van der Waals surface area contributed by atoms with E-state index in [0.29, 0.717) is 5.25 Å². The Kier molecular flexibility index (Phi) is 3.74. The number of anilines is 2. The summed E-state index contributed by atoms with van der Waals surface area (Å²) in [5.41, 5.74) is 7.84. The minimum Gasteiger partial charge on any atom is -0.398 e. The Morgan fingerprint density at radius 3 is 2.94 bits per heavy atom. The number of nitrogens with zero attached hydrogens (tertiary/aromatic N) is 1. The zero-order chi connectivity index (χ0) is 12.3. The number of fused-ring (bicyclic) bond motifs is 1. The van der Waals surface area contributed by atoms with Gasteiger partial charge < -0.3 is 11.1 Å². The predicted octanol–water partition coefficient (Wildman–Crippen LogP) is 2.98. The topological polar surface area (TPSA) is 50.9 Å². The van der Waals surface area contributed by atoms with Crippen molar-refractivity contribution in [1.82, 2.24) is 4.98 Å². The van der Waals surface area contributed by atoms with Gasteiger partial charge in [-0.2, -0.15) is 11.8 Å². The van der Waals surface area contributed by atoms with Gasteiger partial charge in [0.15, 0.2) is 0 Å². The Labute approximate surface area is 106 Å². The fourth-order valence-corrected chi connectivity index (χ4v) is 1.95. The van der Waals surface area contributed by atoms with Gasteiger partial charge in [-0.05, 0) is 24.5 Å². The van der Waals surface area contributed by atoms with E-state index in [0.717, 1.165) is 28.7 Å². The van der Waals surface area contributed by atoms with Gasteiger partial charge in [0.2, 0.25) is 0 Å². The molecule has 0 aliphatic carbocycles. The van der Waals surface area contributed by atoms with Gasteiger partial charge in [-0.3, -0.25) is 4.98 Å². The lowest BCUT2D eigenvalue weighted by Crippen LogP contribution is -2.12. The molecular weight excluding hydrogens is 230 g/mol. The van der Waals surface area contributed by atoms with Crippen LogP contribution in [0.3, 0.4) is 0 Å². The van der Waals surface area contributed by atoms with Crippen LogP contribution in [0.1, 0.15) is 6.92 Å². The van der Waals surface area contributed by atoms with Gasteiger partial charge in [-0.15, -0.1) is 0 Å². The number of hydrogen-bond donors (Lipinski definition) is 2. The number of nitrogens with two attached hydrogens (primary N) is 1. The molecule has 0 aliphatic heterocycles. The average Bonchev–Trinajstić information content (AvgIpc) is 2.38. The molecule has 1 heterocycles. The third kappa shape index (κ3) is 2.64. The lowest BCUT2D eigenvalue weighted by molar-refractivity contribution is 1.01. The molecule has 4 heteroatoms. The Morgan fingerprint density at radius 1 is 1.35 bits per heavy atom. The molecule has 0 spiro atoms. The first-order chi connectivity index (χ1) is 8.22. The lowest BCUT2D eigenvalue weighted by atomic mass is 10.1. The van der Waals surface area contributed by atoms with Gasteiger partial charge in [0.05, 0.1) is 0 Å². The van der Waals surface area contributed by atoms with Crippen molar-refractivity contribution in [3.8, 4) is 0 Å². The summed E-state index contributed by atoms with van der Waals surface area (Å²) in [6.45, 7) is 3.14. The summed E-state index contributed by atoms with van der Waals surface area (Å²) in [6, 6.07) is 5.91. The van der Waals surface area contributed by atoms with E-state index < -0.39 is 0 Å². The molecule has 1 atom stereocenters. The van der Waals surface area contributed by atoms with E-state index in [1.807, 2.05) is 36.2 Å². The van der Waals surface area contributed by atoms with Crippen LogP contribution in [0.25, 0.3) is 10.8 Å². The highest BCUT2D eigenvalue weighted by molar-refractivity contribution is 7.99. The van der Waals surface area contributed by atoms with Crippen LogP contribution >= 0.6 is 11.8 Å². The molecule has 1 aromatic carbocycles. The van der Waals surface area contributed by atoms with Crippen molar-refractivity contribution in [2.75, 3.05) is 23.9 Å². The molecule has 90 valence electrons. The molecule has 17 heavy (non-hydrogen) atoms. The molecule has 0 radical (unpaired) electrons. The lowest BCUT2D eigenvalue weighted by Gasteiger charge is -2.13. The van der Waals surface area contributed by atoms with E-state index in [1.54, 1.807) is 6.20 Å². The Bertz CT molecular complexity index is 513. The molecular formula is C13H17N3S. The van der Waals surface area contributed by atoms with Gasteiger partial charge >= 0.3 is 0 Å². The number of nitrogen functional groups attached to an aromatic ring is 1. The summed E-state index contributed by atoms with van der Waals surface area (Å²) in [5.74, 6) is 0. The van der Waals surface area contributed by atoms with Crippen molar-refractivity contribution in [3.63, 3.8) is 0 Å². The highest BCUT2D eigenvalue weighted by atomic mass is 32.2. The number of pyridine rings is 1. The van der Waals surface area contributed by atoms with Gasteiger partial charge in [0.25, 0.3) is 0 Å². The molecule has 0 fully saturated rings. The number of benzene rings is 1. The summed E-state index contributed by atoms with van der Waals surface area (Å²) < 4.78 is 0. The highest BCUT2D eigenvalue weighted by Crippen LogP contribution is 2.27. The predicted molar refractivity (Wildman–Crippen MR) is 77.6 cm³/mol. The van der Waals surface area contributed by atoms with Crippen molar-refractivity contribution in [2.24, 2.45) is 0 Å². The normalized spacial score (nSPS) is 12.6. The smallest absolute Gasteiger partial charge is 0.0437 e. The first kappa shape index (κ1) is 12.0. The van der Waals surface area contributed by atoms with Crippen LogP contribution in [0.15, 0.2) is 30.6 Å². The van der Waals surface area contributed by atoms with E-state index in [-0.39, 0.29) is 0 Å². The van der Waals surface area contributed by atoms with Crippen LogP contribution in [0, 0.1) is 0 Å². The molecule has 0 saturated carbocycles. The summed E-state index contributed by atoms with van der Waals surface area (Å²) in [5, 5.41) is 6.17. The molecule has 0 aliphatic rings. The second kappa shape index (κ2) is 5.27. The summed E-state index contributed by atoms with van der Waals surface area (Å²) >= 11 is 1.85. The van der Waals surface area contributed by atoms with Crippen molar-refractivity contribution in [1.29, 1.82) is 0 Å². The Hall–Kier alpha value is -1.42. The standard InChI is InChI=1S/C13H17N3S/c1-9(17-2)7-16-13-4-3-12(14)10-5-6-15-8-11(10)13/h3-6,8-9,16H,7,14H2,1-2H3. The number of hydrogen-bond acceptors (Lipinski definition) is 4. The Balaban J connectivity index is 2.32. The quantitative estimate of drug-likeness (QED) is 0.816. The van der Waals surface area contributed by atoms with Crippen LogP contribution < -0.4 is 11.1 Å². The summed E-state index contributed by atoms with van der Waals surface area (Å²) in [6.07, 6.45) is 5.75. The van der Waals surface area contributed by atoms with Gasteiger partial charge in [0.1, 0.15) is 0 Å². The van der Waals surface area contributed by atoms with E-state index in [9.17, 15) is 0 Å². The molecule has 2 aromatic rings. The van der Waals surface area contributed by atoms with Crippen molar-refractivity contribution in [2.45, 2.75) is 12.2 Å². The summed E-state index contributed by atoms with van der Waals surface area (Å²) in [4.78, 5) is 4.16. The zero-order valence-electron chi connectivity index (χ0n) is 10.1. The third-order valence-electron chi connectivity index (χ3n) is 2.83. The van der Waals surface area contributed by atoms with E-state index in [2.05, 4.69) is 23.5 Å². The van der Waals surface area contributed by atoms with Crippen LogP contribution in [0.2, 0.25) is 0 Å². The maximum absolute atomic E-state index is 5.95. The Morgan fingerprint density at radius 2 is 2.18 bits per heavy atom. The molecule has 3 nitrogen and oxygen atoms in total. The van der Waals surface area contributed by atoms with Crippen molar-refractivity contribution < 1.29 is 0 Å². The fraction of sp³-hybridized carbons (Fsp3) is 0.308. The van der Waals surface area contributed by atoms with Crippen molar-refractivity contribution in [3.05, 3.63) is 30.6 Å². The van der Waals surface area contributed by atoms with Crippen molar-refractivity contribution >= 4 is 33.9 Å². The number of aromatic nitrogens is 1. The van der Waals surface area contributed by atoms with E-state index in [4.69, 9.17) is 5.73 Å². The first-order valence-corrected chi connectivity index (χ1v) is 6.90. The molecule has 0 saturated heterocycles. The molecule has 1 unspecified atom stereocenters. The first-order valence-electron chi connectivity index (χ1n) is 5.61. The SMILES string of the molecule is CSC(C)CNc1ccc(N)c2ccncc12. The maximum atomic E-state index is 5.95. The average molecular weight is 247 g/mol. The summed E-state index contributed by atoms with van der Waals surface area (Å²) in [7, 11) is 0. The van der Waals surface area contributed by atoms with Gasteiger partial charge in [-0.25, -0.2) is 0 Å². The van der Waals surface area contributed by atoms with E-state index in [1.165, 1.54) is 0 Å². The second-order valence-corrected chi connectivity index (χ2v) is 5.33.